The third-order valence-corrected chi connectivity index (χ3v) is 3.65. The van der Waals surface area contributed by atoms with Crippen molar-refractivity contribution in [3.63, 3.8) is 0 Å². The first kappa shape index (κ1) is 15.9. The highest BCUT2D eigenvalue weighted by Crippen LogP contribution is 2.20. The number of methoxy groups -OCH3 is 1. The summed E-state index contributed by atoms with van der Waals surface area (Å²) in [7, 11) is 1.36. The lowest BCUT2D eigenvalue weighted by atomic mass is 10.1. The van der Waals surface area contributed by atoms with Crippen LogP contribution in [0.5, 0.6) is 0 Å². The predicted octanol–water partition coefficient (Wildman–Crippen LogP) is 3.21. The summed E-state index contributed by atoms with van der Waals surface area (Å²) in [5.41, 5.74) is 2.20. The van der Waals surface area contributed by atoms with E-state index in [1.54, 1.807) is 18.2 Å². The van der Waals surface area contributed by atoms with E-state index >= 15 is 0 Å². The minimum atomic E-state index is -0.359. The van der Waals surface area contributed by atoms with Crippen molar-refractivity contribution in [1.29, 1.82) is 0 Å². The second-order valence-corrected chi connectivity index (χ2v) is 5.25. The molecule has 5 nitrogen and oxygen atoms in total. The van der Waals surface area contributed by atoms with Gasteiger partial charge in [0.1, 0.15) is 18.0 Å². The SMILES string of the molecule is COC(=O)c1cccc(CCNc2ncnc3ccc(F)cc23)c1. The van der Waals surface area contributed by atoms with Crippen molar-refractivity contribution in [2.45, 2.75) is 6.42 Å². The van der Waals surface area contributed by atoms with Gasteiger partial charge in [-0.3, -0.25) is 0 Å². The Morgan fingerprint density at radius 3 is 2.92 bits per heavy atom. The molecule has 3 aromatic rings. The number of fused-ring (bicyclic) bond motifs is 1. The zero-order chi connectivity index (χ0) is 16.9. The molecule has 3 rings (SSSR count). The Labute approximate surface area is 138 Å². The summed E-state index contributed by atoms with van der Waals surface area (Å²) in [4.78, 5) is 19.8. The molecule has 1 N–H and O–H groups in total. The number of carbonyl (C=O) groups is 1. The number of hydrogen-bond acceptors (Lipinski definition) is 5. The molecule has 0 saturated carbocycles. The van der Waals surface area contributed by atoms with Gasteiger partial charge < -0.3 is 10.1 Å². The van der Waals surface area contributed by atoms with E-state index in [1.165, 1.54) is 25.6 Å². The lowest BCUT2D eigenvalue weighted by molar-refractivity contribution is 0.0600. The van der Waals surface area contributed by atoms with Crippen molar-refractivity contribution in [3.05, 3.63) is 65.7 Å². The van der Waals surface area contributed by atoms with Gasteiger partial charge in [0.15, 0.2) is 0 Å². The molecule has 0 aliphatic carbocycles. The summed E-state index contributed by atoms with van der Waals surface area (Å²) in [6.45, 7) is 0.591. The van der Waals surface area contributed by atoms with Crippen LogP contribution in [0.1, 0.15) is 15.9 Å². The highest BCUT2D eigenvalue weighted by molar-refractivity contribution is 5.89. The maximum Gasteiger partial charge on any atom is 0.337 e. The van der Waals surface area contributed by atoms with Gasteiger partial charge in [0.05, 0.1) is 18.2 Å². The number of aromatic nitrogens is 2. The van der Waals surface area contributed by atoms with E-state index in [-0.39, 0.29) is 11.8 Å². The molecule has 1 aromatic heterocycles. The van der Waals surface area contributed by atoms with Gasteiger partial charge in [-0.15, -0.1) is 0 Å². The van der Waals surface area contributed by atoms with Gasteiger partial charge in [-0.2, -0.15) is 0 Å². The van der Waals surface area contributed by atoms with E-state index in [0.29, 0.717) is 35.2 Å². The molecule has 0 bridgehead atoms. The predicted molar refractivity (Wildman–Crippen MR) is 89.5 cm³/mol. The Morgan fingerprint density at radius 1 is 1.21 bits per heavy atom. The number of rotatable bonds is 5. The summed E-state index contributed by atoms with van der Waals surface area (Å²) in [6.07, 6.45) is 2.13. The largest absolute Gasteiger partial charge is 0.465 e. The number of esters is 1. The number of carbonyl (C=O) groups excluding carboxylic acids is 1. The Kier molecular flexibility index (Phi) is 4.65. The molecule has 2 aromatic carbocycles. The monoisotopic (exact) mass is 325 g/mol. The Morgan fingerprint density at radius 2 is 2.08 bits per heavy atom. The highest BCUT2D eigenvalue weighted by Gasteiger charge is 2.07. The van der Waals surface area contributed by atoms with Crippen molar-refractivity contribution in [2.75, 3.05) is 19.0 Å². The summed E-state index contributed by atoms with van der Waals surface area (Å²) < 4.78 is 18.1. The van der Waals surface area contributed by atoms with Gasteiger partial charge in [-0.05, 0) is 42.3 Å². The fourth-order valence-electron chi connectivity index (χ4n) is 2.47. The average Bonchev–Trinajstić information content (AvgIpc) is 2.61. The molecule has 0 radical (unpaired) electrons. The van der Waals surface area contributed by atoms with E-state index < -0.39 is 0 Å². The zero-order valence-corrected chi connectivity index (χ0v) is 13.1. The topological polar surface area (TPSA) is 64.1 Å². The third-order valence-electron chi connectivity index (χ3n) is 3.65. The smallest absolute Gasteiger partial charge is 0.337 e. The van der Waals surface area contributed by atoms with E-state index in [0.717, 1.165) is 5.56 Å². The fourth-order valence-corrected chi connectivity index (χ4v) is 2.47. The third kappa shape index (κ3) is 3.48. The molecule has 0 amide bonds. The minimum Gasteiger partial charge on any atom is -0.465 e. The zero-order valence-electron chi connectivity index (χ0n) is 13.1. The number of nitrogens with zero attached hydrogens (tertiary/aromatic N) is 2. The first-order valence-corrected chi connectivity index (χ1v) is 7.49. The molecule has 0 unspecified atom stereocenters. The van der Waals surface area contributed by atoms with Crippen LogP contribution in [-0.2, 0) is 11.2 Å². The molecule has 122 valence electrons. The van der Waals surface area contributed by atoms with Crippen LogP contribution in [0, 0.1) is 5.82 Å². The number of benzene rings is 2. The van der Waals surface area contributed by atoms with Gasteiger partial charge >= 0.3 is 5.97 Å². The second kappa shape index (κ2) is 7.04. The Hall–Kier alpha value is -3.02. The number of anilines is 1. The summed E-state index contributed by atoms with van der Waals surface area (Å²) in [6, 6.07) is 11.7. The van der Waals surface area contributed by atoms with Crippen LogP contribution in [-0.4, -0.2) is 29.6 Å². The van der Waals surface area contributed by atoms with Crippen molar-refractivity contribution in [2.24, 2.45) is 0 Å². The van der Waals surface area contributed by atoms with Gasteiger partial charge in [0, 0.05) is 11.9 Å². The molecule has 0 aliphatic heterocycles. The number of ether oxygens (including phenoxy) is 1. The standard InChI is InChI=1S/C18H16FN3O2/c1-24-18(23)13-4-2-3-12(9-13)7-8-20-17-15-10-14(19)5-6-16(15)21-11-22-17/h2-6,9-11H,7-8H2,1H3,(H,20,21,22). The molecular weight excluding hydrogens is 309 g/mol. The molecule has 0 spiro atoms. The van der Waals surface area contributed by atoms with Crippen LogP contribution >= 0.6 is 0 Å². The fraction of sp³-hybridized carbons (Fsp3) is 0.167. The van der Waals surface area contributed by atoms with E-state index in [4.69, 9.17) is 4.74 Å². The molecule has 1 heterocycles. The molecule has 24 heavy (non-hydrogen) atoms. The van der Waals surface area contributed by atoms with Gasteiger partial charge in [0.25, 0.3) is 0 Å². The van der Waals surface area contributed by atoms with Crippen molar-refractivity contribution in [1.82, 2.24) is 9.97 Å². The Bertz CT molecular complexity index is 883. The van der Waals surface area contributed by atoms with Gasteiger partial charge in [0.2, 0.25) is 0 Å². The van der Waals surface area contributed by atoms with Gasteiger partial charge in [-0.1, -0.05) is 12.1 Å². The van der Waals surface area contributed by atoms with Crippen LogP contribution in [0.4, 0.5) is 10.2 Å². The molecule has 0 saturated heterocycles. The lowest BCUT2D eigenvalue weighted by Gasteiger charge is -2.09. The minimum absolute atomic E-state index is 0.328. The van der Waals surface area contributed by atoms with Crippen LogP contribution in [0.25, 0.3) is 10.9 Å². The summed E-state index contributed by atoms with van der Waals surface area (Å²) >= 11 is 0. The maximum absolute atomic E-state index is 13.4. The lowest BCUT2D eigenvalue weighted by Crippen LogP contribution is -2.08. The van der Waals surface area contributed by atoms with Crippen molar-refractivity contribution < 1.29 is 13.9 Å². The van der Waals surface area contributed by atoms with E-state index in [9.17, 15) is 9.18 Å². The Balaban J connectivity index is 1.71. The first-order chi connectivity index (χ1) is 11.7. The van der Waals surface area contributed by atoms with Crippen LogP contribution in [0.15, 0.2) is 48.8 Å². The molecule has 6 heteroatoms. The molecular formula is C18H16FN3O2. The van der Waals surface area contributed by atoms with Crippen LogP contribution in [0.2, 0.25) is 0 Å². The van der Waals surface area contributed by atoms with Crippen molar-refractivity contribution >= 4 is 22.7 Å². The molecule has 0 atom stereocenters. The second-order valence-electron chi connectivity index (χ2n) is 5.25. The maximum atomic E-state index is 13.4. The number of hydrogen-bond donors (Lipinski definition) is 1. The van der Waals surface area contributed by atoms with E-state index in [1.807, 2.05) is 12.1 Å². The summed E-state index contributed by atoms with van der Waals surface area (Å²) in [5.74, 6) is -0.100. The first-order valence-electron chi connectivity index (χ1n) is 7.49. The molecule has 0 aliphatic rings. The number of nitrogens with one attached hydrogen (secondary N) is 1. The summed E-state index contributed by atoms with van der Waals surface area (Å²) in [5, 5.41) is 3.83. The quantitative estimate of drug-likeness (QED) is 0.730. The van der Waals surface area contributed by atoms with E-state index in [2.05, 4.69) is 15.3 Å². The van der Waals surface area contributed by atoms with Gasteiger partial charge in [-0.25, -0.2) is 19.2 Å². The number of halogens is 1. The normalized spacial score (nSPS) is 10.6. The van der Waals surface area contributed by atoms with Crippen molar-refractivity contribution in [3.8, 4) is 0 Å². The van der Waals surface area contributed by atoms with Crippen LogP contribution < -0.4 is 5.32 Å². The molecule has 0 fully saturated rings. The average molecular weight is 325 g/mol. The highest BCUT2D eigenvalue weighted by atomic mass is 19.1. The van der Waals surface area contributed by atoms with Crippen LogP contribution in [0.3, 0.4) is 0 Å².